The first-order chi connectivity index (χ1) is 7.25. The lowest BCUT2D eigenvalue weighted by atomic mass is 9.98. The van der Waals surface area contributed by atoms with Crippen molar-refractivity contribution in [3.05, 3.63) is 35.9 Å². The van der Waals surface area contributed by atoms with Crippen molar-refractivity contribution in [2.24, 2.45) is 0 Å². The molecule has 2 aliphatic heterocycles. The van der Waals surface area contributed by atoms with Gasteiger partial charge in [-0.3, -0.25) is 5.41 Å². The summed E-state index contributed by atoms with van der Waals surface area (Å²) >= 11 is 0. The summed E-state index contributed by atoms with van der Waals surface area (Å²) in [5.74, 6) is 0.147. The highest BCUT2D eigenvalue weighted by molar-refractivity contribution is 6.09. The topological polar surface area (TPSA) is 59.4 Å². The van der Waals surface area contributed by atoms with Crippen molar-refractivity contribution < 1.29 is 14.3 Å². The fourth-order valence-corrected chi connectivity index (χ4v) is 1.80. The molecule has 0 fully saturated rings. The van der Waals surface area contributed by atoms with E-state index in [9.17, 15) is 4.79 Å². The molecule has 0 aliphatic carbocycles. The molecule has 0 spiro atoms. The highest BCUT2D eigenvalue weighted by atomic mass is 16.6. The summed E-state index contributed by atoms with van der Waals surface area (Å²) in [4.78, 5) is 11.1. The van der Waals surface area contributed by atoms with Crippen molar-refractivity contribution in [1.82, 2.24) is 0 Å². The number of carbonyl (C=O) groups excluding carboxylic acids is 1. The van der Waals surface area contributed by atoms with Crippen LogP contribution in [0.5, 0.6) is 5.75 Å². The summed E-state index contributed by atoms with van der Waals surface area (Å²) in [6.07, 6.45) is 0.757. The van der Waals surface area contributed by atoms with Crippen LogP contribution in [0.4, 0.5) is 0 Å². The fraction of sp³-hybridized carbons (Fsp3) is 0.0909. The third-order valence-electron chi connectivity index (χ3n) is 2.45. The normalized spacial score (nSPS) is 22.4. The third-order valence-corrected chi connectivity index (χ3v) is 2.45. The van der Waals surface area contributed by atoms with E-state index in [0.29, 0.717) is 11.3 Å². The Morgan fingerprint density at radius 2 is 2.07 bits per heavy atom. The van der Waals surface area contributed by atoms with Gasteiger partial charge in [-0.2, -0.15) is 0 Å². The average Bonchev–Trinajstić information content (AvgIpc) is 2.61. The Labute approximate surface area is 85.6 Å². The van der Waals surface area contributed by atoms with E-state index < -0.39 is 12.1 Å². The first-order valence-electron chi connectivity index (χ1n) is 4.53. The van der Waals surface area contributed by atoms with Crippen LogP contribution >= 0.6 is 0 Å². The monoisotopic (exact) mass is 201 g/mol. The van der Waals surface area contributed by atoms with E-state index in [-0.39, 0.29) is 5.90 Å². The van der Waals surface area contributed by atoms with E-state index in [1.807, 2.05) is 18.2 Å². The Kier molecular flexibility index (Phi) is 1.48. The van der Waals surface area contributed by atoms with Crippen LogP contribution in [0.15, 0.2) is 30.3 Å². The van der Waals surface area contributed by atoms with Gasteiger partial charge in [-0.15, -0.1) is 0 Å². The Hall–Kier alpha value is -2.10. The Morgan fingerprint density at radius 1 is 1.27 bits per heavy atom. The van der Waals surface area contributed by atoms with E-state index >= 15 is 0 Å². The van der Waals surface area contributed by atoms with E-state index in [1.165, 1.54) is 6.08 Å². The SMILES string of the molecule is N=C1Oc2ccccc2C2=CC(=O)OC12. The molecule has 4 nitrogen and oxygen atoms in total. The van der Waals surface area contributed by atoms with Crippen molar-refractivity contribution in [1.29, 1.82) is 5.41 Å². The number of hydrogen-bond acceptors (Lipinski definition) is 4. The van der Waals surface area contributed by atoms with Gasteiger partial charge in [0.1, 0.15) is 5.75 Å². The van der Waals surface area contributed by atoms with Gasteiger partial charge < -0.3 is 9.47 Å². The molecule has 0 saturated heterocycles. The highest BCUT2D eigenvalue weighted by Gasteiger charge is 2.37. The number of fused-ring (bicyclic) bond motifs is 3. The van der Waals surface area contributed by atoms with Crippen molar-refractivity contribution >= 4 is 17.4 Å². The minimum atomic E-state index is -0.660. The molecule has 1 unspecified atom stereocenters. The van der Waals surface area contributed by atoms with Crippen LogP contribution in [0.25, 0.3) is 5.57 Å². The molecular weight excluding hydrogens is 194 g/mol. The molecule has 3 rings (SSSR count). The smallest absolute Gasteiger partial charge is 0.332 e. The van der Waals surface area contributed by atoms with Crippen LogP contribution in [0.1, 0.15) is 5.56 Å². The van der Waals surface area contributed by atoms with Gasteiger partial charge in [0.25, 0.3) is 0 Å². The van der Waals surface area contributed by atoms with Gasteiger partial charge in [-0.05, 0) is 6.07 Å². The number of carbonyl (C=O) groups is 1. The van der Waals surface area contributed by atoms with Crippen molar-refractivity contribution in [2.45, 2.75) is 6.10 Å². The lowest BCUT2D eigenvalue weighted by molar-refractivity contribution is -0.136. The maximum Gasteiger partial charge on any atom is 0.332 e. The first-order valence-corrected chi connectivity index (χ1v) is 4.53. The van der Waals surface area contributed by atoms with Crippen LogP contribution in [0, 0.1) is 5.41 Å². The minimum Gasteiger partial charge on any atom is -0.444 e. The largest absolute Gasteiger partial charge is 0.444 e. The van der Waals surface area contributed by atoms with E-state index in [2.05, 4.69) is 0 Å². The average molecular weight is 201 g/mol. The van der Waals surface area contributed by atoms with Crippen molar-refractivity contribution in [3.63, 3.8) is 0 Å². The lowest BCUT2D eigenvalue weighted by Gasteiger charge is -2.23. The number of hydrogen-bond donors (Lipinski definition) is 1. The molecular formula is C11H7NO3. The predicted octanol–water partition coefficient (Wildman–Crippen LogP) is 1.37. The fourth-order valence-electron chi connectivity index (χ4n) is 1.80. The predicted molar refractivity (Wildman–Crippen MR) is 52.7 cm³/mol. The van der Waals surface area contributed by atoms with Crippen molar-refractivity contribution in [3.8, 4) is 5.75 Å². The second-order valence-electron chi connectivity index (χ2n) is 3.38. The molecule has 0 saturated carbocycles. The van der Waals surface area contributed by atoms with Crippen LogP contribution in [0.2, 0.25) is 0 Å². The summed E-state index contributed by atoms with van der Waals surface area (Å²) in [7, 11) is 0. The van der Waals surface area contributed by atoms with Gasteiger partial charge in [0.15, 0.2) is 0 Å². The summed E-state index contributed by atoms with van der Waals surface area (Å²) in [5.41, 5.74) is 1.54. The molecule has 0 radical (unpaired) electrons. The van der Waals surface area contributed by atoms with Gasteiger partial charge in [0, 0.05) is 17.2 Å². The third kappa shape index (κ3) is 1.08. The molecule has 1 aromatic rings. The Morgan fingerprint density at radius 3 is 2.93 bits per heavy atom. The van der Waals surface area contributed by atoms with Gasteiger partial charge in [0.2, 0.25) is 12.0 Å². The zero-order valence-corrected chi connectivity index (χ0v) is 7.69. The molecule has 4 heteroatoms. The van der Waals surface area contributed by atoms with Gasteiger partial charge in [-0.1, -0.05) is 18.2 Å². The van der Waals surface area contributed by atoms with Crippen LogP contribution < -0.4 is 4.74 Å². The zero-order chi connectivity index (χ0) is 10.4. The maximum absolute atomic E-state index is 11.1. The summed E-state index contributed by atoms with van der Waals surface area (Å²) in [5, 5.41) is 7.60. The number of rotatable bonds is 0. The van der Waals surface area contributed by atoms with E-state index in [0.717, 1.165) is 5.56 Å². The van der Waals surface area contributed by atoms with Crippen LogP contribution in [-0.4, -0.2) is 18.0 Å². The second kappa shape index (κ2) is 2.70. The molecule has 2 heterocycles. The van der Waals surface area contributed by atoms with Crippen LogP contribution in [0.3, 0.4) is 0 Å². The number of ether oxygens (including phenoxy) is 2. The second-order valence-corrected chi connectivity index (χ2v) is 3.38. The minimum absolute atomic E-state index is 0.0363. The number of esters is 1. The molecule has 0 amide bonds. The molecule has 0 aromatic heterocycles. The van der Waals surface area contributed by atoms with Gasteiger partial charge in [0.05, 0.1) is 0 Å². The molecule has 15 heavy (non-hydrogen) atoms. The maximum atomic E-state index is 11.1. The number of nitrogens with one attached hydrogen (secondary N) is 1. The number of benzene rings is 1. The Balaban J connectivity index is 2.22. The number of para-hydroxylation sites is 1. The quantitative estimate of drug-likeness (QED) is 0.645. The Bertz CT molecular complexity index is 504. The van der Waals surface area contributed by atoms with Crippen LogP contribution in [-0.2, 0) is 9.53 Å². The van der Waals surface area contributed by atoms with Gasteiger partial charge in [-0.25, -0.2) is 4.79 Å². The summed E-state index contributed by atoms with van der Waals surface area (Å²) in [6.45, 7) is 0. The van der Waals surface area contributed by atoms with Crippen molar-refractivity contribution in [2.75, 3.05) is 0 Å². The zero-order valence-electron chi connectivity index (χ0n) is 7.69. The molecule has 2 aliphatic rings. The molecule has 0 bridgehead atoms. The molecule has 1 aromatic carbocycles. The summed E-state index contributed by atoms with van der Waals surface area (Å²) < 4.78 is 10.2. The van der Waals surface area contributed by atoms with E-state index in [4.69, 9.17) is 14.9 Å². The first kappa shape index (κ1) is 8.23. The molecule has 1 N–H and O–H groups in total. The van der Waals surface area contributed by atoms with E-state index in [1.54, 1.807) is 6.07 Å². The lowest BCUT2D eigenvalue weighted by Crippen LogP contribution is -2.31. The molecule has 1 atom stereocenters. The summed E-state index contributed by atoms with van der Waals surface area (Å²) in [6, 6.07) is 7.30. The standard InChI is InChI=1S/C11H7NO3/c12-11-10-7(5-9(13)15-10)6-3-1-2-4-8(6)14-11/h1-5,10,12H. The highest BCUT2D eigenvalue weighted by Crippen LogP contribution is 2.37. The van der Waals surface area contributed by atoms with Gasteiger partial charge >= 0.3 is 5.97 Å². The molecule has 74 valence electrons.